The van der Waals surface area contributed by atoms with Gasteiger partial charge in [0.2, 0.25) is 5.91 Å². The van der Waals surface area contributed by atoms with Crippen LogP contribution in [0.3, 0.4) is 0 Å². The lowest BCUT2D eigenvalue weighted by molar-refractivity contribution is -0.123. The molecule has 2 nitrogen and oxygen atoms in total. The average Bonchev–Trinajstić information content (AvgIpc) is 2.13. The van der Waals surface area contributed by atoms with Crippen LogP contribution in [0.1, 0.15) is 0 Å². The summed E-state index contributed by atoms with van der Waals surface area (Å²) in [5.41, 5.74) is 1.00. The molecule has 1 rings (SSSR count). The molecule has 1 aliphatic heterocycles. The highest BCUT2D eigenvalue weighted by atomic mass is 16.2. The summed E-state index contributed by atoms with van der Waals surface area (Å²) in [6, 6.07) is 0. The van der Waals surface area contributed by atoms with Gasteiger partial charge in [0.05, 0.1) is 0 Å². The monoisotopic (exact) mass is 123 g/mol. The molecule has 0 aromatic carbocycles. The summed E-state index contributed by atoms with van der Waals surface area (Å²) in [4.78, 5) is 12.4. The standard InChI is InChI=1S/C7H9NO/c1-3-6-4-7(9)8(2)5-6/h3-4H,1,5H2,2H3. The normalized spacial score (nSPS) is 18.1. The third-order valence-corrected chi connectivity index (χ3v) is 1.37. The Kier molecular flexibility index (Phi) is 1.39. The number of amides is 1. The van der Waals surface area contributed by atoms with Crippen LogP contribution in [0.25, 0.3) is 0 Å². The highest BCUT2D eigenvalue weighted by Gasteiger charge is 2.13. The van der Waals surface area contributed by atoms with Gasteiger partial charge in [0.1, 0.15) is 0 Å². The molecular weight excluding hydrogens is 114 g/mol. The third-order valence-electron chi connectivity index (χ3n) is 1.37. The zero-order chi connectivity index (χ0) is 6.85. The minimum Gasteiger partial charge on any atom is -0.338 e. The highest BCUT2D eigenvalue weighted by Crippen LogP contribution is 2.07. The van der Waals surface area contributed by atoms with Gasteiger partial charge in [0.15, 0.2) is 0 Å². The Labute approximate surface area is 54.5 Å². The zero-order valence-corrected chi connectivity index (χ0v) is 5.42. The second kappa shape index (κ2) is 2.05. The molecule has 48 valence electrons. The van der Waals surface area contributed by atoms with Crippen LogP contribution in [0.5, 0.6) is 0 Å². The number of rotatable bonds is 1. The van der Waals surface area contributed by atoms with E-state index < -0.39 is 0 Å². The van der Waals surface area contributed by atoms with Crippen molar-refractivity contribution in [3.8, 4) is 0 Å². The first-order valence-electron chi connectivity index (χ1n) is 2.82. The lowest BCUT2D eigenvalue weighted by atomic mass is 10.3. The van der Waals surface area contributed by atoms with Gasteiger partial charge in [0, 0.05) is 19.7 Å². The van der Waals surface area contributed by atoms with Gasteiger partial charge >= 0.3 is 0 Å². The fourth-order valence-corrected chi connectivity index (χ4v) is 0.790. The van der Waals surface area contributed by atoms with E-state index in [1.54, 1.807) is 24.1 Å². The van der Waals surface area contributed by atoms with Gasteiger partial charge in [-0.3, -0.25) is 4.79 Å². The first-order chi connectivity index (χ1) is 4.24. The average molecular weight is 123 g/mol. The van der Waals surface area contributed by atoms with Crippen molar-refractivity contribution in [1.82, 2.24) is 4.90 Å². The molecule has 0 aromatic rings. The van der Waals surface area contributed by atoms with Crippen molar-refractivity contribution in [2.24, 2.45) is 0 Å². The van der Waals surface area contributed by atoms with Crippen LogP contribution in [0, 0.1) is 0 Å². The van der Waals surface area contributed by atoms with E-state index in [0.29, 0.717) is 6.54 Å². The first kappa shape index (κ1) is 6.08. The summed E-state index contributed by atoms with van der Waals surface area (Å²) in [6.45, 7) is 4.28. The van der Waals surface area contributed by atoms with Crippen molar-refractivity contribution in [3.63, 3.8) is 0 Å². The summed E-state index contributed by atoms with van der Waals surface area (Å²) in [6.07, 6.45) is 3.31. The Bertz CT molecular complexity index is 181. The summed E-state index contributed by atoms with van der Waals surface area (Å²) >= 11 is 0. The molecule has 0 fully saturated rings. The molecular formula is C7H9NO. The molecule has 0 bridgehead atoms. The van der Waals surface area contributed by atoms with Gasteiger partial charge in [-0.05, 0) is 5.57 Å². The molecule has 1 aliphatic rings. The van der Waals surface area contributed by atoms with Gasteiger partial charge in [0.25, 0.3) is 0 Å². The summed E-state index contributed by atoms with van der Waals surface area (Å²) in [5.74, 6) is 0.0740. The van der Waals surface area contributed by atoms with E-state index in [4.69, 9.17) is 0 Å². The largest absolute Gasteiger partial charge is 0.338 e. The van der Waals surface area contributed by atoms with Gasteiger partial charge < -0.3 is 4.90 Å². The maximum absolute atomic E-state index is 10.7. The van der Waals surface area contributed by atoms with E-state index >= 15 is 0 Å². The summed E-state index contributed by atoms with van der Waals surface area (Å²) in [7, 11) is 1.77. The minimum atomic E-state index is 0.0740. The Balaban J connectivity index is 2.73. The molecule has 0 spiro atoms. The van der Waals surface area contributed by atoms with E-state index in [1.165, 1.54) is 0 Å². The fourth-order valence-electron chi connectivity index (χ4n) is 0.790. The van der Waals surface area contributed by atoms with Gasteiger partial charge in [-0.15, -0.1) is 0 Å². The molecule has 1 heterocycles. The number of nitrogens with zero attached hydrogens (tertiary/aromatic N) is 1. The fraction of sp³-hybridized carbons (Fsp3) is 0.286. The van der Waals surface area contributed by atoms with Crippen molar-refractivity contribution in [2.45, 2.75) is 0 Å². The SMILES string of the molecule is C=CC1=CC(=O)N(C)C1. The predicted molar refractivity (Wildman–Crippen MR) is 35.9 cm³/mol. The van der Waals surface area contributed by atoms with Crippen LogP contribution in [0.15, 0.2) is 24.3 Å². The number of hydrogen-bond acceptors (Lipinski definition) is 1. The molecule has 0 aromatic heterocycles. The van der Waals surface area contributed by atoms with Crippen LogP contribution in [0.4, 0.5) is 0 Å². The molecule has 0 saturated carbocycles. The molecule has 0 atom stereocenters. The van der Waals surface area contributed by atoms with Crippen molar-refractivity contribution >= 4 is 5.91 Å². The van der Waals surface area contributed by atoms with Gasteiger partial charge in [-0.2, -0.15) is 0 Å². The molecule has 1 amide bonds. The quantitative estimate of drug-likeness (QED) is 0.499. The minimum absolute atomic E-state index is 0.0740. The van der Waals surface area contributed by atoms with Gasteiger partial charge in [-0.1, -0.05) is 12.7 Å². The molecule has 0 radical (unpaired) electrons. The molecule has 9 heavy (non-hydrogen) atoms. The van der Waals surface area contributed by atoms with Crippen LogP contribution >= 0.6 is 0 Å². The lowest BCUT2D eigenvalue weighted by Crippen LogP contribution is -2.19. The maximum atomic E-state index is 10.7. The highest BCUT2D eigenvalue weighted by molar-refractivity contribution is 5.91. The molecule has 0 unspecified atom stereocenters. The second-order valence-corrected chi connectivity index (χ2v) is 2.12. The Morgan fingerprint density at radius 1 is 1.89 bits per heavy atom. The predicted octanol–water partition coefficient (Wildman–Crippen LogP) is 0.571. The van der Waals surface area contributed by atoms with E-state index in [1.807, 2.05) is 0 Å². The van der Waals surface area contributed by atoms with Gasteiger partial charge in [-0.25, -0.2) is 0 Å². The molecule has 0 N–H and O–H groups in total. The maximum Gasteiger partial charge on any atom is 0.246 e. The molecule has 0 saturated heterocycles. The van der Waals surface area contributed by atoms with Crippen LogP contribution < -0.4 is 0 Å². The topological polar surface area (TPSA) is 20.3 Å². The first-order valence-corrected chi connectivity index (χ1v) is 2.82. The van der Waals surface area contributed by atoms with Crippen LogP contribution in [0.2, 0.25) is 0 Å². The van der Waals surface area contributed by atoms with E-state index in [9.17, 15) is 4.79 Å². The third kappa shape index (κ3) is 1.02. The summed E-state index contributed by atoms with van der Waals surface area (Å²) in [5, 5.41) is 0. The molecule has 2 heteroatoms. The van der Waals surface area contributed by atoms with E-state index in [-0.39, 0.29) is 5.91 Å². The Morgan fingerprint density at radius 2 is 2.56 bits per heavy atom. The van der Waals surface area contributed by atoms with Crippen molar-refractivity contribution < 1.29 is 4.79 Å². The smallest absolute Gasteiger partial charge is 0.246 e. The Morgan fingerprint density at radius 3 is 2.78 bits per heavy atom. The second-order valence-electron chi connectivity index (χ2n) is 2.12. The van der Waals surface area contributed by atoms with E-state index in [0.717, 1.165) is 5.57 Å². The number of carbonyl (C=O) groups excluding carboxylic acids is 1. The summed E-state index contributed by atoms with van der Waals surface area (Å²) < 4.78 is 0. The number of likely N-dealkylation sites (N-methyl/N-ethyl adjacent to an activating group) is 1. The van der Waals surface area contributed by atoms with Crippen LogP contribution in [-0.4, -0.2) is 24.4 Å². The van der Waals surface area contributed by atoms with Crippen LogP contribution in [-0.2, 0) is 4.79 Å². The number of hydrogen-bond donors (Lipinski definition) is 0. The van der Waals surface area contributed by atoms with Crippen molar-refractivity contribution in [2.75, 3.05) is 13.6 Å². The number of carbonyl (C=O) groups is 1. The Hall–Kier alpha value is -1.05. The van der Waals surface area contributed by atoms with Crippen molar-refractivity contribution in [3.05, 3.63) is 24.3 Å². The molecule has 0 aliphatic carbocycles. The van der Waals surface area contributed by atoms with E-state index in [2.05, 4.69) is 6.58 Å². The van der Waals surface area contributed by atoms with Crippen molar-refractivity contribution in [1.29, 1.82) is 0 Å². The lowest BCUT2D eigenvalue weighted by Gasteiger charge is -2.05. The zero-order valence-electron chi connectivity index (χ0n) is 5.42.